The molecule has 3 aromatic carbocycles. The topological polar surface area (TPSA) is 133 Å². The van der Waals surface area contributed by atoms with Crippen molar-refractivity contribution in [3.63, 3.8) is 0 Å². The van der Waals surface area contributed by atoms with Gasteiger partial charge in [0, 0.05) is 11.8 Å². The first-order valence-electron chi connectivity index (χ1n) is 9.12. The van der Waals surface area contributed by atoms with E-state index in [0.717, 1.165) is 12.1 Å². The van der Waals surface area contributed by atoms with Crippen LogP contribution in [0.2, 0.25) is 5.02 Å². The Kier molecular flexibility index (Phi) is 6.75. The van der Waals surface area contributed by atoms with Crippen LogP contribution in [0.3, 0.4) is 0 Å². The number of aromatic hydroxyl groups is 1. The van der Waals surface area contributed by atoms with E-state index in [9.17, 15) is 27.6 Å². The smallest absolute Gasteiger partial charge is 0.394 e. The van der Waals surface area contributed by atoms with Gasteiger partial charge < -0.3 is 20.3 Å². The summed E-state index contributed by atoms with van der Waals surface area (Å²) in [5.74, 6) is -3.66. The number of phenols is 1. The van der Waals surface area contributed by atoms with Gasteiger partial charge in [-0.05, 0) is 48.9 Å². The number of carbonyl (C=O) groups is 2. The Hall–Kier alpha value is -3.83. The molecule has 9 nitrogen and oxygen atoms in total. The van der Waals surface area contributed by atoms with Gasteiger partial charge in [0.25, 0.3) is 10.0 Å². The van der Waals surface area contributed by atoms with Gasteiger partial charge in [0.05, 0.1) is 10.7 Å². The first-order valence-corrected chi connectivity index (χ1v) is 10.9. The van der Waals surface area contributed by atoms with E-state index in [2.05, 4.69) is 5.32 Å². The third-order valence-corrected chi connectivity index (χ3v) is 6.08. The average molecular weight is 495 g/mol. The number of hydrogen-bond donors (Lipinski definition) is 3. The number of amides is 1. The first-order chi connectivity index (χ1) is 15.5. The van der Waals surface area contributed by atoms with Crippen molar-refractivity contribution in [3.8, 4) is 17.2 Å². The van der Waals surface area contributed by atoms with Gasteiger partial charge in [0.15, 0.2) is 0 Å². The summed E-state index contributed by atoms with van der Waals surface area (Å²) in [6.07, 6.45) is 0. The van der Waals surface area contributed by atoms with Gasteiger partial charge in [-0.3, -0.25) is 4.79 Å². The van der Waals surface area contributed by atoms with Crippen LogP contribution in [0.15, 0.2) is 65.6 Å². The van der Waals surface area contributed by atoms with E-state index < -0.39 is 37.1 Å². The number of para-hydroxylation sites is 1. The lowest BCUT2D eigenvalue weighted by Gasteiger charge is -2.17. The number of nitrogens with one attached hydrogen (secondary N) is 1. The van der Waals surface area contributed by atoms with Crippen molar-refractivity contribution in [2.45, 2.75) is 11.8 Å². The summed E-state index contributed by atoms with van der Waals surface area (Å²) in [5, 5.41) is 20.9. The van der Waals surface area contributed by atoms with Crippen LogP contribution in [0.5, 0.6) is 17.2 Å². The van der Waals surface area contributed by atoms with Crippen molar-refractivity contribution in [1.82, 2.24) is 0 Å². The molecule has 0 radical (unpaired) electrons. The molecule has 0 bridgehead atoms. The van der Waals surface area contributed by atoms with Gasteiger partial charge in [0.1, 0.15) is 22.1 Å². The molecule has 0 fully saturated rings. The molecule has 33 heavy (non-hydrogen) atoms. The van der Waals surface area contributed by atoms with Crippen LogP contribution >= 0.6 is 11.6 Å². The summed E-state index contributed by atoms with van der Waals surface area (Å²) in [7, 11) is -4.79. The number of nitrogens with zero attached hydrogens (tertiary/aromatic N) is 1. The average Bonchev–Trinajstić information content (AvgIpc) is 2.77. The largest absolute Gasteiger partial charge is 0.507 e. The minimum atomic E-state index is -4.79. The number of halogens is 2. The van der Waals surface area contributed by atoms with Crippen molar-refractivity contribution in [2.75, 3.05) is 9.84 Å². The maximum absolute atomic E-state index is 14.7. The Labute approximate surface area is 192 Å². The minimum Gasteiger partial charge on any atom is -0.507 e. The van der Waals surface area contributed by atoms with E-state index in [1.54, 1.807) is 13.0 Å². The van der Waals surface area contributed by atoms with Gasteiger partial charge in [-0.25, -0.2) is 4.79 Å². The molecule has 0 aromatic heterocycles. The highest BCUT2D eigenvalue weighted by Crippen LogP contribution is 2.38. The molecule has 3 N–H and O–H groups in total. The number of aliphatic carboxylic acids is 1. The number of carboxylic acid groups (broad SMARTS) is 1. The number of anilines is 2. The fourth-order valence-corrected chi connectivity index (χ4v) is 4.24. The Balaban J connectivity index is 1.93. The molecule has 0 heterocycles. The van der Waals surface area contributed by atoms with E-state index in [1.807, 2.05) is 0 Å². The fourth-order valence-electron chi connectivity index (χ4n) is 2.77. The molecule has 1 amide bonds. The molecular weight excluding hydrogens is 479 g/mol. The van der Waals surface area contributed by atoms with E-state index in [-0.39, 0.29) is 27.9 Å². The Morgan fingerprint density at radius 1 is 1.09 bits per heavy atom. The zero-order chi connectivity index (χ0) is 24.3. The number of rotatable bonds is 6. The molecule has 0 spiro atoms. The van der Waals surface area contributed by atoms with Crippen LogP contribution in [0.4, 0.5) is 15.9 Å². The predicted octanol–water partition coefficient (Wildman–Crippen LogP) is 4.25. The van der Waals surface area contributed by atoms with E-state index in [0.29, 0.717) is 5.56 Å². The second kappa shape index (κ2) is 9.35. The second-order valence-corrected chi connectivity index (χ2v) is 8.77. The van der Waals surface area contributed by atoms with E-state index >= 15 is 0 Å². The zero-order valence-electron chi connectivity index (χ0n) is 16.8. The number of ether oxygens (including phenoxy) is 1. The van der Waals surface area contributed by atoms with Crippen LogP contribution in [-0.4, -0.2) is 30.5 Å². The molecule has 3 rings (SSSR count). The maximum atomic E-state index is 14.7. The summed E-state index contributed by atoms with van der Waals surface area (Å²) in [5.41, 5.74) is 0.209. The molecule has 0 saturated heterocycles. The van der Waals surface area contributed by atoms with Crippen molar-refractivity contribution >= 4 is 44.9 Å². The first kappa shape index (κ1) is 23.8. The quantitative estimate of drug-likeness (QED) is 0.344. The second-order valence-electron chi connectivity index (χ2n) is 6.65. The zero-order valence-corrected chi connectivity index (χ0v) is 18.4. The van der Waals surface area contributed by atoms with Crippen LogP contribution in [0.25, 0.3) is 0 Å². The van der Waals surface area contributed by atoms with E-state index in [4.69, 9.17) is 21.4 Å². The third-order valence-electron chi connectivity index (χ3n) is 4.28. The third kappa shape index (κ3) is 5.16. The predicted molar refractivity (Wildman–Crippen MR) is 118 cm³/mol. The van der Waals surface area contributed by atoms with Crippen LogP contribution in [-0.2, 0) is 19.6 Å². The van der Waals surface area contributed by atoms with Crippen molar-refractivity contribution in [3.05, 3.63) is 71.2 Å². The lowest BCUT2D eigenvalue weighted by molar-refractivity contribution is -0.147. The Bertz CT molecular complexity index is 1310. The molecule has 0 atom stereocenters. The monoisotopic (exact) mass is 494 g/mol. The fraction of sp³-hybridized carbons (Fsp3) is 0.0476. The number of aryl methyl sites for hydroxylation is 1. The van der Waals surface area contributed by atoms with Gasteiger partial charge in [-0.2, -0.15) is 8.42 Å². The van der Waals surface area contributed by atoms with Gasteiger partial charge in [-0.15, -0.1) is 0 Å². The number of benzene rings is 3. The van der Waals surface area contributed by atoms with Gasteiger partial charge in [0.2, 0.25) is 0 Å². The highest BCUT2D eigenvalue weighted by molar-refractivity contribution is 7.92. The summed E-state index contributed by atoms with van der Waals surface area (Å²) in [4.78, 5) is 21.3. The van der Waals surface area contributed by atoms with Crippen molar-refractivity contribution in [2.24, 2.45) is 0 Å². The molecular formula is C21H16ClFN2O7S. The normalized spacial score (nSPS) is 11.0. The summed E-state index contributed by atoms with van der Waals surface area (Å²) >= 11 is 6.18. The van der Waals surface area contributed by atoms with Gasteiger partial charge >= 0.3 is 11.9 Å². The highest BCUT2D eigenvalue weighted by Gasteiger charge is 2.29. The van der Waals surface area contributed by atoms with Crippen LogP contribution < -0.4 is 14.6 Å². The van der Waals surface area contributed by atoms with Crippen molar-refractivity contribution < 1.29 is 37.4 Å². The van der Waals surface area contributed by atoms with Gasteiger partial charge in [-0.1, -0.05) is 38.8 Å². The summed E-state index contributed by atoms with van der Waals surface area (Å²) in [6, 6.07) is 12.8. The minimum absolute atomic E-state index is 0.0235. The van der Waals surface area contributed by atoms with Crippen LogP contribution in [0.1, 0.15) is 5.56 Å². The number of sulfonamides is 1. The van der Waals surface area contributed by atoms with Crippen LogP contribution in [0, 0.1) is 6.92 Å². The Morgan fingerprint density at radius 2 is 1.76 bits per heavy atom. The lowest BCUT2D eigenvalue weighted by atomic mass is 10.2. The number of carboxylic acids is 1. The standard InChI is InChI=1S/C21H16ClFN2O7S/c1-12-9-13(24-20(27)21(28)29)10-16(22)19(12)32-15-7-8-17(26)18(11-15)33(30,31)25(23)14-5-3-2-4-6-14/h2-11,26H,1H3,(H,24,27)(H,28,29). The number of hydrogen-bond acceptors (Lipinski definition) is 6. The molecule has 0 unspecified atom stereocenters. The highest BCUT2D eigenvalue weighted by atomic mass is 35.5. The lowest BCUT2D eigenvalue weighted by Crippen LogP contribution is -2.22. The molecule has 0 aliphatic heterocycles. The molecule has 3 aromatic rings. The number of carbonyl (C=O) groups excluding carboxylic acids is 1. The molecule has 0 aliphatic carbocycles. The number of phenolic OH excluding ortho intramolecular Hbond substituents is 1. The van der Waals surface area contributed by atoms with Crippen molar-refractivity contribution in [1.29, 1.82) is 0 Å². The molecule has 12 heteroatoms. The summed E-state index contributed by atoms with van der Waals surface area (Å²) < 4.78 is 45.3. The van der Waals surface area contributed by atoms with E-state index in [1.165, 1.54) is 42.5 Å². The SMILES string of the molecule is Cc1cc(NC(=O)C(=O)O)cc(Cl)c1Oc1ccc(O)c(S(=O)(=O)N(F)c2ccccc2)c1. The molecule has 172 valence electrons. The summed E-state index contributed by atoms with van der Waals surface area (Å²) in [6.45, 7) is 1.55. The Morgan fingerprint density at radius 3 is 2.36 bits per heavy atom. The molecule has 0 saturated carbocycles. The maximum Gasteiger partial charge on any atom is 0.394 e. The molecule has 0 aliphatic rings.